The Kier molecular flexibility index (Phi) is 8.05. The Morgan fingerprint density at radius 3 is 1.93 bits per heavy atom. The molecular weight excluding hydrogens is 194 g/mol. The Morgan fingerprint density at radius 1 is 1.21 bits per heavy atom. The second kappa shape index (κ2) is 8.16. The highest BCUT2D eigenvalue weighted by molar-refractivity contribution is 7.81. The van der Waals surface area contributed by atoms with Gasteiger partial charge in [0.1, 0.15) is 0 Å². The smallest absolute Gasteiger partial charge is 0.235 e. The molecule has 0 aromatic heterocycles. The summed E-state index contributed by atoms with van der Waals surface area (Å²) in [6.07, 6.45) is 4.46. The predicted octanol–water partition coefficient (Wildman–Crippen LogP) is 2.73. The number of unbranched alkanes of at least 4 members (excludes halogenated alkanes) is 2. The van der Waals surface area contributed by atoms with E-state index < -0.39 is 0 Å². The van der Waals surface area contributed by atoms with Crippen LogP contribution in [0.5, 0.6) is 0 Å². The molecule has 0 rings (SSSR count). The monoisotopic (exact) mass is 217 g/mol. The van der Waals surface area contributed by atoms with Crippen molar-refractivity contribution < 1.29 is 4.79 Å². The van der Waals surface area contributed by atoms with E-state index in [9.17, 15) is 4.79 Å². The third-order valence-corrected chi connectivity index (χ3v) is 2.45. The summed E-state index contributed by atoms with van der Waals surface area (Å²) in [5.41, 5.74) is 0. The van der Waals surface area contributed by atoms with Crippen LogP contribution in [0.2, 0.25) is 0 Å². The van der Waals surface area contributed by atoms with E-state index in [1.165, 1.54) is 0 Å². The third kappa shape index (κ3) is 5.53. The molecule has 0 aromatic carbocycles. The zero-order valence-electron chi connectivity index (χ0n) is 9.62. The molecule has 1 unspecified atom stereocenters. The van der Waals surface area contributed by atoms with Crippen LogP contribution in [0.15, 0.2) is 0 Å². The summed E-state index contributed by atoms with van der Waals surface area (Å²) in [5, 5.41) is -0.163. The number of nitrogens with zero attached hydrogens (tertiary/aromatic N) is 1. The lowest BCUT2D eigenvalue weighted by atomic mass is 10.2. The van der Waals surface area contributed by atoms with Crippen molar-refractivity contribution in [3.05, 3.63) is 0 Å². The number of hydrogen-bond donors (Lipinski definition) is 1. The summed E-state index contributed by atoms with van der Waals surface area (Å²) in [4.78, 5) is 13.7. The molecule has 1 amide bonds. The summed E-state index contributed by atoms with van der Waals surface area (Å²) >= 11 is 4.19. The predicted molar refractivity (Wildman–Crippen MR) is 64.8 cm³/mol. The Labute approximate surface area is 93.5 Å². The molecule has 0 aliphatic heterocycles. The number of rotatable bonds is 7. The third-order valence-electron chi connectivity index (χ3n) is 2.23. The zero-order chi connectivity index (χ0) is 11.0. The van der Waals surface area contributed by atoms with Crippen molar-refractivity contribution in [1.82, 2.24) is 4.90 Å². The molecule has 0 saturated carbocycles. The first-order valence-electron chi connectivity index (χ1n) is 5.60. The van der Waals surface area contributed by atoms with Gasteiger partial charge in [-0.15, -0.1) is 0 Å². The van der Waals surface area contributed by atoms with Crippen molar-refractivity contribution in [2.45, 2.75) is 51.7 Å². The zero-order valence-corrected chi connectivity index (χ0v) is 10.5. The first-order chi connectivity index (χ1) is 6.63. The highest BCUT2D eigenvalue weighted by Gasteiger charge is 2.15. The SMILES string of the molecule is CCCCN(CCCC)C(=O)C(C)S. The molecule has 1 atom stereocenters. The number of carbonyl (C=O) groups excluding carboxylic acids is 1. The summed E-state index contributed by atoms with van der Waals surface area (Å²) in [7, 11) is 0. The van der Waals surface area contributed by atoms with Crippen molar-refractivity contribution in [2.24, 2.45) is 0 Å². The standard InChI is InChI=1S/C11H23NOS/c1-4-6-8-12(9-7-5-2)11(13)10(3)14/h10,14H,4-9H2,1-3H3. The average molecular weight is 217 g/mol. The van der Waals surface area contributed by atoms with Crippen LogP contribution in [0.3, 0.4) is 0 Å². The molecule has 0 fully saturated rings. The van der Waals surface area contributed by atoms with E-state index in [1.54, 1.807) is 0 Å². The van der Waals surface area contributed by atoms with Crippen LogP contribution in [0.1, 0.15) is 46.5 Å². The van der Waals surface area contributed by atoms with Gasteiger partial charge < -0.3 is 4.90 Å². The first-order valence-corrected chi connectivity index (χ1v) is 6.12. The van der Waals surface area contributed by atoms with Crippen LogP contribution >= 0.6 is 12.6 Å². The van der Waals surface area contributed by atoms with E-state index in [0.717, 1.165) is 38.8 Å². The summed E-state index contributed by atoms with van der Waals surface area (Å²) in [6.45, 7) is 7.91. The second-order valence-corrected chi connectivity index (χ2v) is 4.48. The molecule has 0 bridgehead atoms. The van der Waals surface area contributed by atoms with Crippen molar-refractivity contribution in [2.75, 3.05) is 13.1 Å². The topological polar surface area (TPSA) is 20.3 Å². The molecule has 3 heteroatoms. The fourth-order valence-electron chi connectivity index (χ4n) is 1.29. The van der Waals surface area contributed by atoms with Crippen molar-refractivity contribution in [3.8, 4) is 0 Å². The van der Waals surface area contributed by atoms with Gasteiger partial charge >= 0.3 is 0 Å². The maximum Gasteiger partial charge on any atom is 0.235 e. The minimum Gasteiger partial charge on any atom is -0.342 e. The molecule has 2 nitrogen and oxygen atoms in total. The molecule has 0 aromatic rings. The van der Waals surface area contributed by atoms with Gasteiger partial charge in [-0.05, 0) is 19.8 Å². The molecule has 0 N–H and O–H groups in total. The lowest BCUT2D eigenvalue weighted by molar-refractivity contribution is -0.130. The summed E-state index contributed by atoms with van der Waals surface area (Å²) < 4.78 is 0. The molecule has 0 heterocycles. The maximum absolute atomic E-state index is 11.7. The van der Waals surface area contributed by atoms with E-state index in [1.807, 2.05) is 11.8 Å². The largest absolute Gasteiger partial charge is 0.342 e. The van der Waals surface area contributed by atoms with Gasteiger partial charge in [-0.3, -0.25) is 4.79 Å². The van der Waals surface area contributed by atoms with E-state index in [2.05, 4.69) is 26.5 Å². The molecule has 84 valence electrons. The van der Waals surface area contributed by atoms with Gasteiger partial charge in [0.25, 0.3) is 0 Å². The fourth-order valence-corrected chi connectivity index (χ4v) is 1.46. The van der Waals surface area contributed by atoms with Crippen LogP contribution in [-0.4, -0.2) is 29.1 Å². The molecule has 14 heavy (non-hydrogen) atoms. The Balaban J connectivity index is 4.01. The van der Waals surface area contributed by atoms with Gasteiger partial charge in [-0.25, -0.2) is 0 Å². The second-order valence-electron chi connectivity index (χ2n) is 3.71. The van der Waals surface area contributed by atoms with E-state index in [-0.39, 0.29) is 11.2 Å². The highest BCUT2D eigenvalue weighted by Crippen LogP contribution is 2.05. The average Bonchev–Trinajstić information content (AvgIpc) is 2.17. The fraction of sp³-hybridized carbons (Fsp3) is 0.909. The van der Waals surface area contributed by atoms with E-state index >= 15 is 0 Å². The molecule has 0 radical (unpaired) electrons. The van der Waals surface area contributed by atoms with Gasteiger partial charge in [0, 0.05) is 13.1 Å². The number of carbonyl (C=O) groups is 1. The van der Waals surface area contributed by atoms with Crippen molar-refractivity contribution >= 4 is 18.5 Å². The summed E-state index contributed by atoms with van der Waals surface area (Å²) in [6, 6.07) is 0. The van der Waals surface area contributed by atoms with Gasteiger partial charge in [0.2, 0.25) is 5.91 Å². The van der Waals surface area contributed by atoms with Crippen LogP contribution in [0.4, 0.5) is 0 Å². The Morgan fingerprint density at radius 2 is 1.64 bits per heavy atom. The highest BCUT2D eigenvalue weighted by atomic mass is 32.1. The minimum absolute atomic E-state index is 0.163. The lowest BCUT2D eigenvalue weighted by Gasteiger charge is -2.23. The van der Waals surface area contributed by atoms with Gasteiger partial charge in [0.05, 0.1) is 5.25 Å². The van der Waals surface area contributed by atoms with Crippen molar-refractivity contribution in [1.29, 1.82) is 0 Å². The van der Waals surface area contributed by atoms with E-state index in [4.69, 9.17) is 0 Å². The Bertz CT molecular complexity index is 151. The van der Waals surface area contributed by atoms with E-state index in [0.29, 0.717) is 0 Å². The molecule has 0 aliphatic rings. The van der Waals surface area contributed by atoms with Crippen LogP contribution in [0, 0.1) is 0 Å². The Hall–Kier alpha value is -0.180. The van der Waals surface area contributed by atoms with Crippen LogP contribution in [-0.2, 0) is 4.79 Å². The molecule has 0 saturated heterocycles. The number of amides is 1. The van der Waals surface area contributed by atoms with Crippen LogP contribution < -0.4 is 0 Å². The normalized spacial score (nSPS) is 12.6. The van der Waals surface area contributed by atoms with Crippen LogP contribution in [0.25, 0.3) is 0 Å². The number of hydrogen-bond acceptors (Lipinski definition) is 2. The number of thiol groups is 1. The quantitative estimate of drug-likeness (QED) is 0.650. The first kappa shape index (κ1) is 13.8. The molecule has 0 aliphatic carbocycles. The summed E-state index contributed by atoms with van der Waals surface area (Å²) in [5.74, 6) is 0.176. The minimum atomic E-state index is -0.163. The molecule has 0 spiro atoms. The van der Waals surface area contributed by atoms with Gasteiger partial charge in [0.15, 0.2) is 0 Å². The lowest BCUT2D eigenvalue weighted by Crippen LogP contribution is -2.37. The van der Waals surface area contributed by atoms with Gasteiger partial charge in [-0.1, -0.05) is 26.7 Å². The van der Waals surface area contributed by atoms with Gasteiger partial charge in [-0.2, -0.15) is 12.6 Å². The van der Waals surface area contributed by atoms with Crippen molar-refractivity contribution in [3.63, 3.8) is 0 Å². The maximum atomic E-state index is 11.7. The molecular formula is C11H23NOS.